The van der Waals surface area contributed by atoms with Crippen molar-refractivity contribution >= 4 is 29.3 Å². The SMILES string of the molecule is COc1cc(CC(=O)N2[C@H](COc3ccc(C(=O)O)cc3)CC[C@@H]2c2ccccc2)ccc1NC(=O)Nc1ccccc1C. The van der Waals surface area contributed by atoms with Crippen LogP contribution in [-0.2, 0) is 11.2 Å². The summed E-state index contributed by atoms with van der Waals surface area (Å²) in [4.78, 5) is 39.7. The number of benzene rings is 4. The highest BCUT2D eigenvalue weighted by atomic mass is 16.5. The Balaban J connectivity index is 1.30. The van der Waals surface area contributed by atoms with E-state index < -0.39 is 12.0 Å². The number of carbonyl (C=O) groups is 3. The highest BCUT2D eigenvalue weighted by Gasteiger charge is 2.38. The highest BCUT2D eigenvalue weighted by Crippen LogP contribution is 2.37. The predicted octanol–water partition coefficient (Wildman–Crippen LogP) is 6.70. The lowest BCUT2D eigenvalue weighted by Crippen LogP contribution is -2.41. The average molecular weight is 594 g/mol. The van der Waals surface area contributed by atoms with Gasteiger partial charge in [0, 0.05) is 5.69 Å². The monoisotopic (exact) mass is 593 g/mol. The molecule has 1 fully saturated rings. The molecule has 1 heterocycles. The number of nitrogens with zero attached hydrogens (tertiary/aromatic N) is 1. The van der Waals surface area contributed by atoms with Gasteiger partial charge in [0.15, 0.2) is 0 Å². The number of methoxy groups -OCH3 is 1. The Morgan fingerprint density at radius 2 is 1.57 bits per heavy atom. The number of anilines is 2. The van der Waals surface area contributed by atoms with Crippen molar-refractivity contribution in [1.82, 2.24) is 4.90 Å². The number of rotatable bonds is 10. The summed E-state index contributed by atoms with van der Waals surface area (Å²) in [6.45, 7) is 2.20. The number of para-hydroxylation sites is 1. The van der Waals surface area contributed by atoms with Crippen LogP contribution in [0.25, 0.3) is 0 Å². The molecule has 1 aliphatic heterocycles. The lowest BCUT2D eigenvalue weighted by atomic mass is 10.0. The van der Waals surface area contributed by atoms with E-state index >= 15 is 0 Å². The zero-order valence-electron chi connectivity index (χ0n) is 24.7. The van der Waals surface area contributed by atoms with Crippen LogP contribution in [0, 0.1) is 6.92 Å². The van der Waals surface area contributed by atoms with Crippen molar-refractivity contribution in [2.24, 2.45) is 0 Å². The molecule has 9 nitrogen and oxygen atoms in total. The van der Waals surface area contributed by atoms with Crippen LogP contribution in [0.4, 0.5) is 16.2 Å². The highest BCUT2D eigenvalue weighted by molar-refractivity contribution is 6.01. The molecule has 0 spiro atoms. The molecule has 4 aromatic rings. The van der Waals surface area contributed by atoms with Crippen LogP contribution in [-0.4, -0.2) is 47.7 Å². The third kappa shape index (κ3) is 7.18. The molecule has 3 N–H and O–H groups in total. The van der Waals surface area contributed by atoms with E-state index in [0.29, 0.717) is 22.9 Å². The van der Waals surface area contributed by atoms with Gasteiger partial charge in [-0.2, -0.15) is 0 Å². The summed E-state index contributed by atoms with van der Waals surface area (Å²) < 4.78 is 11.6. The number of carboxylic acids is 1. The van der Waals surface area contributed by atoms with E-state index in [2.05, 4.69) is 10.6 Å². The summed E-state index contributed by atoms with van der Waals surface area (Å²) in [5, 5.41) is 14.8. The van der Waals surface area contributed by atoms with Crippen molar-refractivity contribution < 1.29 is 29.0 Å². The molecule has 1 saturated heterocycles. The number of likely N-dealkylation sites (tertiary alicyclic amines) is 1. The third-order valence-electron chi connectivity index (χ3n) is 7.78. The first kappa shape index (κ1) is 30.2. The second-order valence-corrected chi connectivity index (χ2v) is 10.7. The van der Waals surface area contributed by atoms with Gasteiger partial charge in [-0.15, -0.1) is 0 Å². The molecule has 0 bridgehead atoms. The number of aromatic carboxylic acids is 1. The van der Waals surface area contributed by atoms with Crippen LogP contribution < -0.4 is 20.1 Å². The van der Waals surface area contributed by atoms with Gasteiger partial charge in [0.25, 0.3) is 0 Å². The summed E-state index contributed by atoms with van der Waals surface area (Å²) in [6, 6.07) is 28.4. The number of carboxylic acid groups (broad SMARTS) is 1. The molecule has 9 heteroatoms. The predicted molar refractivity (Wildman–Crippen MR) is 168 cm³/mol. The Labute approximate surface area is 256 Å². The fraction of sp³-hybridized carbons (Fsp3) is 0.229. The van der Waals surface area contributed by atoms with Crippen molar-refractivity contribution in [2.45, 2.75) is 38.3 Å². The molecule has 0 aliphatic carbocycles. The van der Waals surface area contributed by atoms with Crippen molar-refractivity contribution in [3.8, 4) is 11.5 Å². The van der Waals surface area contributed by atoms with E-state index in [1.807, 2.05) is 72.5 Å². The minimum Gasteiger partial charge on any atom is -0.495 e. The van der Waals surface area contributed by atoms with Gasteiger partial charge in [-0.3, -0.25) is 4.79 Å². The van der Waals surface area contributed by atoms with E-state index in [9.17, 15) is 14.4 Å². The molecular formula is C35H35N3O6. The van der Waals surface area contributed by atoms with Crippen molar-refractivity contribution in [1.29, 1.82) is 0 Å². The average Bonchev–Trinajstić information content (AvgIpc) is 3.46. The lowest BCUT2D eigenvalue weighted by Gasteiger charge is -2.31. The first-order chi connectivity index (χ1) is 21.3. The maximum atomic E-state index is 13.9. The Morgan fingerprint density at radius 1 is 0.864 bits per heavy atom. The fourth-order valence-corrected chi connectivity index (χ4v) is 5.52. The first-order valence-corrected chi connectivity index (χ1v) is 14.4. The molecule has 0 radical (unpaired) electrons. The largest absolute Gasteiger partial charge is 0.495 e. The maximum Gasteiger partial charge on any atom is 0.335 e. The van der Waals surface area contributed by atoms with Gasteiger partial charge in [-0.25, -0.2) is 9.59 Å². The second-order valence-electron chi connectivity index (χ2n) is 10.7. The second kappa shape index (κ2) is 13.8. The van der Waals surface area contributed by atoms with Crippen LogP contribution in [0.5, 0.6) is 11.5 Å². The summed E-state index contributed by atoms with van der Waals surface area (Å²) in [7, 11) is 1.52. The van der Waals surface area contributed by atoms with Gasteiger partial charge >= 0.3 is 12.0 Å². The molecule has 4 aromatic carbocycles. The number of hydrogen-bond donors (Lipinski definition) is 3. The Hall–Kier alpha value is -5.31. The minimum atomic E-state index is -0.999. The number of hydrogen-bond acceptors (Lipinski definition) is 5. The Bertz CT molecular complexity index is 1620. The molecule has 0 aromatic heterocycles. The normalized spacial score (nSPS) is 15.8. The lowest BCUT2D eigenvalue weighted by molar-refractivity contribution is -0.134. The zero-order chi connectivity index (χ0) is 31.1. The summed E-state index contributed by atoms with van der Waals surface area (Å²) in [6.07, 6.45) is 1.70. The zero-order valence-corrected chi connectivity index (χ0v) is 24.7. The summed E-state index contributed by atoms with van der Waals surface area (Å²) in [5.41, 5.74) is 4.13. The number of ether oxygens (including phenoxy) is 2. The number of carbonyl (C=O) groups excluding carboxylic acids is 2. The van der Waals surface area contributed by atoms with Crippen LogP contribution in [0.3, 0.4) is 0 Å². The molecule has 226 valence electrons. The molecule has 3 amide bonds. The van der Waals surface area contributed by atoms with Crippen LogP contribution in [0.2, 0.25) is 0 Å². The molecule has 0 saturated carbocycles. The molecule has 5 rings (SSSR count). The van der Waals surface area contributed by atoms with Crippen LogP contribution in [0.1, 0.15) is 45.9 Å². The van der Waals surface area contributed by atoms with E-state index in [-0.39, 0.29) is 36.6 Å². The van der Waals surface area contributed by atoms with Crippen molar-refractivity contribution in [3.05, 3.63) is 119 Å². The van der Waals surface area contributed by atoms with Crippen molar-refractivity contribution in [2.75, 3.05) is 24.4 Å². The summed E-state index contributed by atoms with van der Waals surface area (Å²) in [5.74, 6) is -0.0576. The van der Waals surface area contributed by atoms with E-state index in [0.717, 1.165) is 29.5 Å². The van der Waals surface area contributed by atoms with E-state index in [1.54, 1.807) is 24.3 Å². The van der Waals surface area contributed by atoms with Gasteiger partial charge in [0.2, 0.25) is 5.91 Å². The number of urea groups is 1. The standard InChI is InChI=1S/C35H35N3O6/c1-23-8-6-7-11-29(23)36-35(42)37-30-18-12-24(20-32(30)43-2)21-33(39)38-27(15-19-31(38)25-9-4-3-5-10-25)22-44-28-16-13-26(14-17-28)34(40)41/h3-14,16-18,20,27,31H,15,19,21-22H2,1-2H3,(H,40,41)(H2,36,37,42)/t27-,31+/m0/s1. The van der Waals surface area contributed by atoms with Gasteiger partial charge in [0.1, 0.15) is 18.1 Å². The van der Waals surface area contributed by atoms with Crippen LogP contribution >= 0.6 is 0 Å². The molecular weight excluding hydrogens is 558 g/mol. The van der Waals surface area contributed by atoms with Crippen LogP contribution in [0.15, 0.2) is 97.1 Å². The molecule has 0 unspecified atom stereocenters. The van der Waals surface area contributed by atoms with E-state index in [1.165, 1.54) is 19.2 Å². The topological polar surface area (TPSA) is 117 Å². The molecule has 1 aliphatic rings. The maximum absolute atomic E-state index is 13.9. The third-order valence-corrected chi connectivity index (χ3v) is 7.78. The fourth-order valence-electron chi connectivity index (χ4n) is 5.52. The number of aryl methyl sites for hydroxylation is 1. The van der Waals surface area contributed by atoms with Crippen molar-refractivity contribution in [3.63, 3.8) is 0 Å². The molecule has 2 atom stereocenters. The van der Waals surface area contributed by atoms with E-state index in [4.69, 9.17) is 14.6 Å². The van der Waals surface area contributed by atoms with Gasteiger partial charge in [-0.1, -0.05) is 54.6 Å². The summed E-state index contributed by atoms with van der Waals surface area (Å²) >= 11 is 0. The quantitative estimate of drug-likeness (QED) is 0.188. The molecule has 44 heavy (non-hydrogen) atoms. The Morgan fingerprint density at radius 3 is 2.27 bits per heavy atom. The first-order valence-electron chi connectivity index (χ1n) is 14.4. The van der Waals surface area contributed by atoms with Gasteiger partial charge in [0.05, 0.1) is 36.9 Å². The smallest absolute Gasteiger partial charge is 0.335 e. The van der Waals surface area contributed by atoms with Gasteiger partial charge < -0.3 is 30.1 Å². The Kier molecular flexibility index (Phi) is 9.44. The van der Waals surface area contributed by atoms with Gasteiger partial charge in [-0.05, 0) is 78.9 Å². The minimum absolute atomic E-state index is 0.0498. The number of nitrogens with one attached hydrogen (secondary N) is 2. The number of amides is 3.